The highest BCUT2D eigenvalue weighted by Gasteiger charge is 2.39. The third-order valence-corrected chi connectivity index (χ3v) is 6.79. The third-order valence-electron chi connectivity index (χ3n) is 6.55. The molecule has 0 aliphatic carbocycles. The van der Waals surface area contributed by atoms with E-state index in [2.05, 4.69) is 20.8 Å². The fourth-order valence-corrected chi connectivity index (χ4v) is 4.68. The molecule has 1 fully saturated rings. The molecule has 1 unspecified atom stereocenters. The van der Waals surface area contributed by atoms with Crippen LogP contribution in [0.15, 0.2) is 79.1 Å². The maximum absolute atomic E-state index is 13.6. The fraction of sp³-hybridized carbons (Fsp3) is 0.179. The fourth-order valence-electron chi connectivity index (χ4n) is 4.51. The SMILES string of the molecule is CC(=O)c1ccc(NC(=O)C(Cc2ccccc2)N2CC(=O)N(c3cc(Cl)ccc3-n3cnnn3)CC2=O)cc1. The molecule has 3 aromatic carbocycles. The standard InChI is InChI=1S/C28H24ClN7O4/c1-18(37)20-7-10-22(11-8-20)31-28(40)25(13-19-5-3-2-4-6-19)35-16-26(38)34(15-27(35)39)24-14-21(29)9-12-23(24)36-17-30-32-33-36/h2-12,14,17,25H,13,15-16H2,1H3,(H,31,40). The number of rotatable bonds is 8. The Labute approximate surface area is 234 Å². The molecule has 2 heterocycles. The number of anilines is 2. The molecule has 0 saturated carbocycles. The second-order valence-electron chi connectivity index (χ2n) is 9.22. The van der Waals surface area contributed by atoms with Gasteiger partial charge in [-0.3, -0.25) is 24.1 Å². The lowest BCUT2D eigenvalue weighted by atomic mass is 10.0. The molecular formula is C28H24ClN7O4. The van der Waals surface area contributed by atoms with Crippen LogP contribution in [0.2, 0.25) is 5.02 Å². The van der Waals surface area contributed by atoms with Crippen molar-refractivity contribution in [1.29, 1.82) is 0 Å². The minimum absolute atomic E-state index is 0.0928. The molecule has 0 radical (unpaired) electrons. The van der Waals surface area contributed by atoms with Crippen molar-refractivity contribution < 1.29 is 19.2 Å². The van der Waals surface area contributed by atoms with E-state index in [9.17, 15) is 19.2 Å². The molecule has 1 saturated heterocycles. The molecule has 40 heavy (non-hydrogen) atoms. The first-order valence-electron chi connectivity index (χ1n) is 12.4. The Balaban J connectivity index is 1.42. The maximum Gasteiger partial charge on any atom is 0.247 e. The lowest BCUT2D eigenvalue weighted by molar-refractivity contribution is -0.143. The second kappa shape index (κ2) is 11.5. The van der Waals surface area contributed by atoms with Crippen LogP contribution in [0.25, 0.3) is 5.69 Å². The van der Waals surface area contributed by atoms with E-state index in [1.165, 1.54) is 27.7 Å². The molecule has 1 aliphatic rings. The number of amides is 3. The molecule has 12 heteroatoms. The van der Waals surface area contributed by atoms with Gasteiger partial charge >= 0.3 is 0 Å². The molecule has 1 aromatic heterocycles. The lowest BCUT2D eigenvalue weighted by Crippen LogP contribution is -2.60. The third kappa shape index (κ3) is 5.74. The molecular weight excluding hydrogens is 534 g/mol. The molecule has 3 amide bonds. The van der Waals surface area contributed by atoms with Crippen LogP contribution in [0, 0.1) is 0 Å². The van der Waals surface area contributed by atoms with Crippen molar-refractivity contribution in [2.24, 2.45) is 0 Å². The van der Waals surface area contributed by atoms with Gasteiger partial charge in [0.15, 0.2) is 5.78 Å². The van der Waals surface area contributed by atoms with Gasteiger partial charge in [0, 0.05) is 22.7 Å². The van der Waals surface area contributed by atoms with Crippen molar-refractivity contribution in [2.45, 2.75) is 19.4 Å². The first-order chi connectivity index (χ1) is 19.3. The van der Waals surface area contributed by atoms with Gasteiger partial charge in [0.1, 0.15) is 25.5 Å². The molecule has 0 bridgehead atoms. The van der Waals surface area contributed by atoms with E-state index in [0.717, 1.165) is 5.56 Å². The number of hydrogen-bond acceptors (Lipinski definition) is 7. The van der Waals surface area contributed by atoms with Crippen LogP contribution in [-0.4, -0.2) is 67.7 Å². The summed E-state index contributed by atoms with van der Waals surface area (Å²) in [5, 5.41) is 14.4. The smallest absolute Gasteiger partial charge is 0.247 e. The lowest BCUT2D eigenvalue weighted by Gasteiger charge is -2.38. The number of carbonyl (C=O) groups excluding carboxylic acids is 4. The van der Waals surface area contributed by atoms with E-state index >= 15 is 0 Å². The van der Waals surface area contributed by atoms with E-state index in [-0.39, 0.29) is 25.3 Å². The van der Waals surface area contributed by atoms with Crippen molar-refractivity contribution in [1.82, 2.24) is 25.1 Å². The number of aromatic nitrogens is 4. The summed E-state index contributed by atoms with van der Waals surface area (Å²) in [5.74, 6) is -1.35. The summed E-state index contributed by atoms with van der Waals surface area (Å²) in [6.45, 7) is 0.829. The minimum atomic E-state index is -0.966. The topological polar surface area (TPSA) is 130 Å². The van der Waals surface area contributed by atoms with Crippen LogP contribution in [0.3, 0.4) is 0 Å². The average molecular weight is 558 g/mol. The van der Waals surface area contributed by atoms with Crippen LogP contribution >= 0.6 is 11.6 Å². The quantitative estimate of drug-likeness (QED) is 0.330. The summed E-state index contributed by atoms with van der Waals surface area (Å²) in [5.41, 5.74) is 2.64. The number of nitrogens with one attached hydrogen (secondary N) is 1. The molecule has 1 N–H and O–H groups in total. The van der Waals surface area contributed by atoms with Crippen LogP contribution < -0.4 is 10.2 Å². The highest BCUT2D eigenvalue weighted by atomic mass is 35.5. The zero-order valence-corrected chi connectivity index (χ0v) is 22.2. The summed E-state index contributed by atoms with van der Waals surface area (Å²) in [6, 6.07) is 19.6. The predicted molar refractivity (Wildman–Crippen MR) is 147 cm³/mol. The van der Waals surface area contributed by atoms with Gasteiger partial charge in [-0.1, -0.05) is 41.9 Å². The van der Waals surface area contributed by atoms with Gasteiger partial charge in [0.2, 0.25) is 17.7 Å². The molecule has 202 valence electrons. The van der Waals surface area contributed by atoms with Gasteiger partial charge in [-0.2, -0.15) is 4.68 Å². The van der Waals surface area contributed by atoms with E-state index in [4.69, 9.17) is 11.6 Å². The number of carbonyl (C=O) groups is 4. The van der Waals surface area contributed by atoms with Crippen LogP contribution in [-0.2, 0) is 20.8 Å². The zero-order chi connectivity index (χ0) is 28.2. The largest absolute Gasteiger partial charge is 0.324 e. The number of nitrogens with zero attached hydrogens (tertiary/aromatic N) is 6. The minimum Gasteiger partial charge on any atom is -0.324 e. The van der Waals surface area contributed by atoms with Crippen LogP contribution in [0.1, 0.15) is 22.8 Å². The van der Waals surface area contributed by atoms with Gasteiger partial charge in [-0.25, -0.2) is 0 Å². The molecule has 0 spiro atoms. The monoisotopic (exact) mass is 557 g/mol. The van der Waals surface area contributed by atoms with E-state index in [0.29, 0.717) is 27.6 Å². The number of halogens is 1. The van der Waals surface area contributed by atoms with Gasteiger partial charge in [-0.05, 0) is 65.4 Å². The van der Waals surface area contributed by atoms with Crippen molar-refractivity contribution in [3.05, 3.63) is 95.3 Å². The van der Waals surface area contributed by atoms with Crippen molar-refractivity contribution in [3.8, 4) is 5.69 Å². The Kier molecular flexibility index (Phi) is 7.65. The molecule has 1 atom stereocenters. The van der Waals surface area contributed by atoms with Crippen molar-refractivity contribution in [2.75, 3.05) is 23.3 Å². The first kappa shape index (κ1) is 26.7. The second-order valence-corrected chi connectivity index (χ2v) is 9.65. The average Bonchev–Trinajstić information content (AvgIpc) is 3.48. The number of benzene rings is 3. The summed E-state index contributed by atoms with van der Waals surface area (Å²) in [7, 11) is 0. The summed E-state index contributed by atoms with van der Waals surface area (Å²) in [6.07, 6.45) is 1.57. The van der Waals surface area contributed by atoms with Crippen LogP contribution in [0.5, 0.6) is 0 Å². The number of tetrazole rings is 1. The van der Waals surface area contributed by atoms with Crippen molar-refractivity contribution in [3.63, 3.8) is 0 Å². The number of Topliss-reactive ketones (excluding diaryl/α,β-unsaturated/α-hetero) is 1. The van der Waals surface area contributed by atoms with E-state index in [1.54, 1.807) is 42.5 Å². The number of ketones is 1. The highest BCUT2D eigenvalue weighted by molar-refractivity contribution is 6.31. The molecule has 4 aromatic rings. The summed E-state index contributed by atoms with van der Waals surface area (Å²) in [4.78, 5) is 54.8. The number of hydrogen-bond donors (Lipinski definition) is 1. The predicted octanol–water partition coefficient (Wildman–Crippen LogP) is 2.94. The normalized spacial score (nSPS) is 14.2. The Bertz CT molecular complexity index is 1560. The molecule has 5 rings (SSSR count). The Hall–Kier alpha value is -4.90. The van der Waals surface area contributed by atoms with E-state index < -0.39 is 23.8 Å². The van der Waals surface area contributed by atoms with Crippen molar-refractivity contribution >= 4 is 46.5 Å². The van der Waals surface area contributed by atoms with Gasteiger partial charge in [0.05, 0.1) is 11.4 Å². The van der Waals surface area contributed by atoms with E-state index in [1.807, 2.05) is 30.3 Å². The zero-order valence-electron chi connectivity index (χ0n) is 21.4. The Morgan fingerprint density at radius 1 is 0.950 bits per heavy atom. The van der Waals surface area contributed by atoms with Gasteiger partial charge < -0.3 is 10.2 Å². The molecule has 11 nitrogen and oxygen atoms in total. The maximum atomic E-state index is 13.6. The number of piperazine rings is 1. The summed E-state index contributed by atoms with van der Waals surface area (Å²) >= 11 is 6.23. The van der Waals surface area contributed by atoms with Crippen LogP contribution in [0.4, 0.5) is 11.4 Å². The van der Waals surface area contributed by atoms with Gasteiger partial charge in [0.25, 0.3) is 0 Å². The Morgan fingerprint density at radius 3 is 2.38 bits per heavy atom. The summed E-state index contributed by atoms with van der Waals surface area (Å²) < 4.78 is 1.37. The Morgan fingerprint density at radius 2 is 1.70 bits per heavy atom. The van der Waals surface area contributed by atoms with Gasteiger partial charge in [-0.15, -0.1) is 5.10 Å². The first-order valence-corrected chi connectivity index (χ1v) is 12.8. The highest BCUT2D eigenvalue weighted by Crippen LogP contribution is 2.30. The molecule has 1 aliphatic heterocycles.